The number of piperidine rings is 1. The van der Waals surface area contributed by atoms with E-state index >= 15 is 0 Å². The first-order chi connectivity index (χ1) is 17.2. The van der Waals surface area contributed by atoms with E-state index in [0.717, 1.165) is 37.2 Å². The summed E-state index contributed by atoms with van der Waals surface area (Å²) in [7, 11) is 0. The Morgan fingerprint density at radius 2 is 1.89 bits per heavy atom. The highest BCUT2D eigenvalue weighted by atomic mass is 19.1. The Bertz CT molecular complexity index is 1150. The molecular weight excluding hydrogens is 445 g/mol. The molecule has 0 radical (unpaired) electrons. The lowest BCUT2D eigenvalue weighted by atomic mass is 10.1. The zero-order chi connectivity index (χ0) is 24.0. The summed E-state index contributed by atoms with van der Waals surface area (Å²) < 4.78 is 21.0. The summed E-state index contributed by atoms with van der Waals surface area (Å²) in [6.45, 7) is 3.88. The van der Waals surface area contributed by atoms with Crippen LogP contribution in [-0.4, -0.2) is 41.3 Å². The van der Waals surface area contributed by atoms with Crippen molar-refractivity contribution in [3.8, 4) is 11.3 Å². The van der Waals surface area contributed by atoms with Gasteiger partial charge in [-0.15, -0.1) is 0 Å². The van der Waals surface area contributed by atoms with E-state index in [4.69, 9.17) is 4.74 Å². The normalized spacial score (nSPS) is 19.4. The van der Waals surface area contributed by atoms with Crippen molar-refractivity contribution in [2.45, 2.75) is 44.9 Å². The number of hydrogen-bond donors (Lipinski definition) is 3. The second-order valence-electron chi connectivity index (χ2n) is 9.14. The van der Waals surface area contributed by atoms with Gasteiger partial charge in [0.15, 0.2) is 0 Å². The molecule has 3 aliphatic rings. The molecule has 35 heavy (non-hydrogen) atoms. The zero-order valence-corrected chi connectivity index (χ0v) is 19.8. The number of fused-ring (bicyclic) bond motifs is 9. The molecule has 3 aromatic rings. The summed E-state index contributed by atoms with van der Waals surface area (Å²) in [5.41, 5.74) is 4.51. The summed E-state index contributed by atoms with van der Waals surface area (Å²) >= 11 is 0. The second kappa shape index (κ2) is 11.1. The van der Waals surface area contributed by atoms with E-state index in [1.165, 1.54) is 31.0 Å². The van der Waals surface area contributed by atoms with Gasteiger partial charge < -0.3 is 20.1 Å². The van der Waals surface area contributed by atoms with Crippen LogP contribution in [0.15, 0.2) is 48.7 Å². The van der Waals surface area contributed by atoms with Crippen molar-refractivity contribution in [3.05, 3.63) is 65.6 Å². The van der Waals surface area contributed by atoms with Crippen molar-refractivity contribution in [1.29, 1.82) is 0 Å². The van der Waals surface area contributed by atoms with E-state index in [2.05, 4.69) is 37.6 Å². The van der Waals surface area contributed by atoms with Crippen LogP contribution in [0.4, 0.5) is 21.7 Å². The van der Waals surface area contributed by atoms with E-state index in [9.17, 15) is 9.50 Å². The quantitative estimate of drug-likeness (QED) is 0.459. The molecule has 3 N–H and O–H groups in total. The maximum absolute atomic E-state index is 14.9. The topological polar surface area (TPSA) is 82.5 Å². The highest BCUT2D eigenvalue weighted by molar-refractivity contribution is 5.66. The van der Waals surface area contributed by atoms with Gasteiger partial charge in [0.1, 0.15) is 12.0 Å². The van der Waals surface area contributed by atoms with Gasteiger partial charge in [0.25, 0.3) is 0 Å². The molecule has 1 unspecified atom stereocenters. The molecule has 1 fully saturated rings. The lowest BCUT2D eigenvalue weighted by molar-refractivity contribution is 0.112. The minimum atomic E-state index is -0.933. The number of hydrogen-bond acceptors (Lipinski definition) is 7. The molecule has 0 amide bonds. The third-order valence-electron chi connectivity index (χ3n) is 6.58. The van der Waals surface area contributed by atoms with Crippen LogP contribution in [0.2, 0.25) is 0 Å². The minimum absolute atomic E-state index is 0.360. The van der Waals surface area contributed by atoms with Crippen LogP contribution in [-0.2, 0) is 11.3 Å². The predicted octanol–water partition coefficient (Wildman–Crippen LogP) is 4.91. The van der Waals surface area contributed by atoms with Crippen LogP contribution in [0.25, 0.3) is 11.3 Å². The highest BCUT2D eigenvalue weighted by Gasteiger charge is 2.17. The molecule has 4 heterocycles. The number of nitrogens with zero attached hydrogens (tertiary/aromatic N) is 3. The summed E-state index contributed by atoms with van der Waals surface area (Å²) in [4.78, 5) is 11.3. The molecule has 1 saturated heterocycles. The van der Waals surface area contributed by atoms with Gasteiger partial charge in [-0.3, -0.25) is 5.32 Å². The van der Waals surface area contributed by atoms with Gasteiger partial charge in [-0.2, -0.15) is 0 Å². The fourth-order valence-electron chi connectivity index (χ4n) is 4.70. The average Bonchev–Trinajstić information content (AvgIpc) is 2.88. The molecule has 1 atom stereocenters. The lowest BCUT2D eigenvalue weighted by Gasteiger charge is -2.31. The standard InChI is InChI=1S/C27H32FN5O2/c28-23-17-19-6-8-22(23)24-10-12-30-27(32-24)31-21-7-9-25(33-13-3-1-4-14-33)20(16-21)18-35-15-5-2-11-29-26(19)34/h6-10,12,16-17,26,29,34H,1-5,11,13-15,18H2,(H,30,31,32). The number of halogens is 1. The fourth-order valence-corrected chi connectivity index (χ4v) is 4.70. The first-order valence-electron chi connectivity index (χ1n) is 12.4. The van der Waals surface area contributed by atoms with Crippen LogP contribution in [0.3, 0.4) is 0 Å². The van der Waals surface area contributed by atoms with E-state index in [-0.39, 0.29) is 0 Å². The SMILES string of the molecule is OC1NCCCCOCc2cc(ccc2N2CCCCC2)Nc2nccc(n2)-c2ccc1cc2F. The van der Waals surface area contributed by atoms with E-state index in [0.29, 0.717) is 42.5 Å². The third kappa shape index (κ3) is 5.78. The smallest absolute Gasteiger partial charge is 0.227 e. The van der Waals surface area contributed by atoms with Crippen molar-refractivity contribution in [3.63, 3.8) is 0 Å². The number of ether oxygens (including phenoxy) is 1. The van der Waals surface area contributed by atoms with E-state index in [1.807, 2.05) is 6.07 Å². The lowest BCUT2D eigenvalue weighted by Crippen LogP contribution is -2.30. The molecule has 6 bridgehead atoms. The molecular formula is C27H32FN5O2. The summed E-state index contributed by atoms with van der Waals surface area (Å²) in [6, 6.07) is 12.7. The van der Waals surface area contributed by atoms with Gasteiger partial charge in [0, 0.05) is 48.4 Å². The molecule has 8 heteroatoms. The van der Waals surface area contributed by atoms with Gasteiger partial charge in [-0.25, -0.2) is 14.4 Å². The molecule has 2 aromatic carbocycles. The van der Waals surface area contributed by atoms with Gasteiger partial charge in [-0.1, -0.05) is 6.07 Å². The molecule has 184 valence electrons. The number of aliphatic hydroxyl groups excluding tert-OH is 1. The maximum atomic E-state index is 14.9. The van der Waals surface area contributed by atoms with Gasteiger partial charge in [0.2, 0.25) is 5.95 Å². The number of aliphatic hydroxyl groups is 1. The van der Waals surface area contributed by atoms with Gasteiger partial charge >= 0.3 is 0 Å². The van der Waals surface area contributed by atoms with E-state index in [1.54, 1.807) is 24.4 Å². The second-order valence-corrected chi connectivity index (χ2v) is 9.14. The monoisotopic (exact) mass is 477 g/mol. The van der Waals surface area contributed by atoms with Crippen molar-refractivity contribution < 1.29 is 14.2 Å². The van der Waals surface area contributed by atoms with Crippen molar-refractivity contribution in [1.82, 2.24) is 15.3 Å². The summed E-state index contributed by atoms with van der Waals surface area (Å²) in [6.07, 6.45) is 6.08. The Labute approximate surface area is 205 Å². The molecule has 3 aliphatic heterocycles. The third-order valence-corrected chi connectivity index (χ3v) is 6.58. The van der Waals surface area contributed by atoms with E-state index < -0.39 is 12.0 Å². The number of aromatic nitrogens is 2. The number of benzene rings is 2. The Balaban J connectivity index is 1.47. The fraction of sp³-hybridized carbons (Fsp3) is 0.407. The van der Waals surface area contributed by atoms with Gasteiger partial charge in [-0.05, 0) is 80.6 Å². The van der Waals surface area contributed by atoms with Crippen LogP contribution >= 0.6 is 0 Å². The molecule has 1 aromatic heterocycles. The van der Waals surface area contributed by atoms with Crippen LogP contribution in [0.1, 0.15) is 49.5 Å². The Kier molecular flexibility index (Phi) is 7.51. The Morgan fingerprint density at radius 3 is 2.74 bits per heavy atom. The number of anilines is 3. The summed E-state index contributed by atoms with van der Waals surface area (Å²) in [5, 5.41) is 16.8. The van der Waals surface area contributed by atoms with Crippen molar-refractivity contribution in [2.24, 2.45) is 0 Å². The molecule has 0 saturated carbocycles. The number of nitrogens with one attached hydrogen (secondary N) is 2. The first-order valence-corrected chi connectivity index (χ1v) is 12.4. The molecule has 0 aliphatic carbocycles. The predicted molar refractivity (Wildman–Crippen MR) is 135 cm³/mol. The van der Waals surface area contributed by atoms with Crippen molar-refractivity contribution in [2.75, 3.05) is 36.5 Å². The maximum Gasteiger partial charge on any atom is 0.227 e. The van der Waals surface area contributed by atoms with Crippen LogP contribution in [0.5, 0.6) is 0 Å². The van der Waals surface area contributed by atoms with Crippen LogP contribution < -0.4 is 15.5 Å². The Morgan fingerprint density at radius 1 is 1.00 bits per heavy atom. The molecule has 6 rings (SSSR count). The van der Waals surface area contributed by atoms with Gasteiger partial charge in [0.05, 0.1) is 12.3 Å². The largest absolute Gasteiger partial charge is 0.377 e. The van der Waals surface area contributed by atoms with Crippen LogP contribution in [0, 0.1) is 5.82 Å². The van der Waals surface area contributed by atoms with Crippen molar-refractivity contribution >= 4 is 17.3 Å². The summed E-state index contributed by atoms with van der Waals surface area (Å²) in [5.74, 6) is -0.0457. The first kappa shape index (κ1) is 23.7. The number of rotatable bonds is 1. The Hall–Kier alpha value is -3.07. The average molecular weight is 478 g/mol. The zero-order valence-electron chi connectivity index (χ0n) is 19.8. The minimum Gasteiger partial charge on any atom is -0.377 e. The highest BCUT2D eigenvalue weighted by Crippen LogP contribution is 2.30. The molecule has 0 spiro atoms. The molecule has 7 nitrogen and oxygen atoms in total.